The summed E-state index contributed by atoms with van der Waals surface area (Å²) in [7, 11) is 3.94. The van der Waals surface area contributed by atoms with Crippen molar-refractivity contribution < 1.29 is 4.79 Å². The van der Waals surface area contributed by atoms with E-state index in [1.807, 2.05) is 43.3 Å². The van der Waals surface area contributed by atoms with Crippen LogP contribution in [0.3, 0.4) is 0 Å². The molecule has 0 atom stereocenters. The van der Waals surface area contributed by atoms with Crippen molar-refractivity contribution >= 4 is 22.5 Å². The highest BCUT2D eigenvalue weighted by molar-refractivity contribution is 5.95. The van der Waals surface area contributed by atoms with Gasteiger partial charge in [-0.2, -0.15) is 0 Å². The first-order chi connectivity index (χ1) is 11.5. The van der Waals surface area contributed by atoms with E-state index in [1.54, 1.807) is 0 Å². The van der Waals surface area contributed by atoms with Crippen molar-refractivity contribution in [2.75, 3.05) is 25.5 Å². The number of nitrogens with one attached hydrogen (secondary N) is 2. The van der Waals surface area contributed by atoms with Gasteiger partial charge in [0.2, 0.25) is 0 Å². The number of amides is 1. The van der Waals surface area contributed by atoms with Crippen LogP contribution < -0.4 is 10.2 Å². The Morgan fingerprint density at radius 1 is 1.12 bits per heavy atom. The SMILES string of the molecule is Cc1cc2cc(CCNC(=O)c3cccc(N(C)C)c3)ccc2[nH]1. The van der Waals surface area contributed by atoms with Crippen LogP contribution in [0.1, 0.15) is 21.6 Å². The zero-order chi connectivity index (χ0) is 17.1. The highest BCUT2D eigenvalue weighted by Crippen LogP contribution is 2.17. The van der Waals surface area contributed by atoms with Gasteiger partial charge in [0.15, 0.2) is 0 Å². The molecule has 0 saturated heterocycles. The number of aryl methyl sites for hydroxylation is 1. The van der Waals surface area contributed by atoms with Crippen molar-refractivity contribution in [2.24, 2.45) is 0 Å². The first-order valence-corrected chi connectivity index (χ1v) is 8.17. The second kappa shape index (κ2) is 6.79. The monoisotopic (exact) mass is 321 g/mol. The number of aromatic nitrogens is 1. The van der Waals surface area contributed by atoms with Gasteiger partial charge >= 0.3 is 0 Å². The van der Waals surface area contributed by atoms with Crippen molar-refractivity contribution in [3.63, 3.8) is 0 Å². The first-order valence-electron chi connectivity index (χ1n) is 8.17. The molecule has 1 aromatic heterocycles. The Bertz CT molecular complexity index is 864. The molecule has 0 aliphatic heterocycles. The van der Waals surface area contributed by atoms with Crippen molar-refractivity contribution in [1.82, 2.24) is 10.3 Å². The summed E-state index contributed by atoms with van der Waals surface area (Å²) in [5.74, 6) is -0.0303. The van der Waals surface area contributed by atoms with Crippen molar-refractivity contribution in [1.29, 1.82) is 0 Å². The van der Waals surface area contributed by atoms with E-state index in [0.717, 1.165) is 23.3 Å². The van der Waals surface area contributed by atoms with E-state index in [9.17, 15) is 4.79 Å². The van der Waals surface area contributed by atoms with Gasteiger partial charge in [-0.15, -0.1) is 0 Å². The van der Waals surface area contributed by atoms with Crippen molar-refractivity contribution in [2.45, 2.75) is 13.3 Å². The number of hydrogen-bond donors (Lipinski definition) is 2. The molecule has 124 valence electrons. The molecule has 0 aliphatic carbocycles. The summed E-state index contributed by atoms with van der Waals surface area (Å²) < 4.78 is 0. The molecule has 0 spiro atoms. The molecule has 0 unspecified atom stereocenters. The molecule has 24 heavy (non-hydrogen) atoms. The Balaban J connectivity index is 1.60. The topological polar surface area (TPSA) is 48.1 Å². The first kappa shape index (κ1) is 16.1. The van der Waals surface area contributed by atoms with Crippen LogP contribution in [0, 0.1) is 6.92 Å². The van der Waals surface area contributed by atoms with Gasteiger partial charge in [0.25, 0.3) is 5.91 Å². The fourth-order valence-electron chi connectivity index (χ4n) is 2.83. The Labute approximate surface area is 142 Å². The number of fused-ring (bicyclic) bond motifs is 1. The second-order valence-corrected chi connectivity index (χ2v) is 6.32. The number of H-pyrrole nitrogens is 1. The number of anilines is 1. The van der Waals surface area contributed by atoms with E-state index < -0.39 is 0 Å². The third-order valence-electron chi connectivity index (χ3n) is 4.14. The number of nitrogens with zero attached hydrogens (tertiary/aromatic N) is 1. The predicted molar refractivity (Wildman–Crippen MR) is 99.8 cm³/mol. The molecule has 3 aromatic rings. The molecule has 4 heteroatoms. The quantitative estimate of drug-likeness (QED) is 0.755. The lowest BCUT2D eigenvalue weighted by atomic mass is 10.1. The van der Waals surface area contributed by atoms with Crippen LogP contribution >= 0.6 is 0 Å². The Hall–Kier alpha value is -2.75. The molecule has 1 amide bonds. The smallest absolute Gasteiger partial charge is 0.251 e. The summed E-state index contributed by atoms with van der Waals surface area (Å²) in [6, 6.07) is 16.2. The normalized spacial score (nSPS) is 10.8. The summed E-state index contributed by atoms with van der Waals surface area (Å²) in [4.78, 5) is 17.6. The minimum Gasteiger partial charge on any atom is -0.378 e. The standard InChI is InChI=1S/C20H23N3O/c1-14-11-17-12-15(7-8-19(17)22-14)9-10-21-20(24)16-5-4-6-18(13-16)23(2)3/h4-8,11-13,22H,9-10H2,1-3H3,(H,21,24). The molecule has 2 aromatic carbocycles. The summed E-state index contributed by atoms with van der Waals surface area (Å²) in [5.41, 5.74) is 5.26. The Morgan fingerprint density at radius 3 is 2.75 bits per heavy atom. The van der Waals surface area contributed by atoms with Gasteiger partial charge in [-0.1, -0.05) is 12.1 Å². The van der Waals surface area contributed by atoms with Gasteiger partial charge in [-0.05, 0) is 60.7 Å². The number of carbonyl (C=O) groups excluding carboxylic acids is 1. The van der Waals surface area contributed by atoms with E-state index in [1.165, 1.54) is 10.9 Å². The second-order valence-electron chi connectivity index (χ2n) is 6.32. The lowest BCUT2D eigenvalue weighted by Gasteiger charge is -2.13. The number of hydrogen-bond acceptors (Lipinski definition) is 2. The zero-order valence-corrected chi connectivity index (χ0v) is 14.4. The fraction of sp³-hybridized carbons (Fsp3) is 0.250. The minimum absolute atomic E-state index is 0.0303. The molecular formula is C20H23N3O. The van der Waals surface area contributed by atoms with Gasteiger partial charge < -0.3 is 15.2 Å². The number of benzene rings is 2. The lowest BCUT2D eigenvalue weighted by molar-refractivity contribution is 0.0954. The maximum absolute atomic E-state index is 12.3. The summed E-state index contributed by atoms with van der Waals surface area (Å²) in [5, 5.41) is 4.22. The van der Waals surface area contributed by atoms with Crippen LogP contribution in [0.5, 0.6) is 0 Å². The molecule has 4 nitrogen and oxygen atoms in total. The molecule has 2 N–H and O–H groups in total. The van der Waals surface area contributed by atoms with Gasteiger partial charge in [0.1, 0.15) is 0 Å². The van der Waals surface area contributed by atoms with Gasteiger partial charge in [0.05, 0.1) is 0 Å². The summed E-state index contributed by atoms with van der Waals surface area (Å²) in [6.45, 7) is 2.68. The van der Waals surface area contributed by atoms with Crippen LogP contribution in [-0.4, -0.2) is 31.5 Å². The Kier molecular flexibility index (Phi) is 4.56. The number of rotatable bonds is 5. The maximum Gasteiger partial charge on any atom is 0.251 e. The van der Waals surface area contributed by atoms with Crippen molar-refractivity contribution in [3.05, 3.63) is 65.4 Å². The summed E-state index contributed by atoms with van der Waals surface area (Å²) >= 11 is 0. The van der Waals surface area contributed by atoms with Crippen LogP contribution in [0.15, 0.2) is 48.5 Å². The van der Waals surface area contributed by atoms with Crippen LogP contribution in [0.2, 0.25) is 0 Å². The number of carbonyl (C=O) groups is 1. The molecule has 0 aliphatic rings. The van der Waals surface area contributed by atoms with Crippen LogP contribution in [0.4, 0.5) is 5.69 Å². The molecule has 0 fully saturated rings. The third-order valence-corrected chi connectivity index (χ3v) is 4.14. The zero-order valence-electron chi connectivity index (χ0n) is 14.4. The molecule has 0 saturated carbocycles. The molecule has 0 bridgehead atoms. The largest absolute Gasteiger partial charge is 0.378 e. The minimum atomic E-state index is -0.0303. The van der Waals surface area contributed by atoms with E-state index in [2.05, 4.69) is 41.5 Å². The van der Waals surface area contributed by atoms with E-state index in [-0.39, 0.29) is 5.91 Å². The average molecular weight is 321 g/mol. The number of aromatic amines is 1. The van der Waals surface area contributed by atoms with Gasteiger partial charge in [-0.25, -0.2) is 0 Å². The van der Waals surface area contributed by atoms with Crippen LogP contribution in [-0.2, 0) is 6.42 Å². The molecule has 0 radical (unpaired) electrons. The van der Waals surface area contributed by atoms with Gasteiger partial charge in [-0.3, -0.25) is 4.79 Å². The van der Waals surface area contributed by atoms with E-state index in [0.29, 0.717) is 12.1 Å². The van der Waals surface area contributed by atoms with Crippen molar-refractivity contribution in [3.8, 4) is 0 Å². The van der Waals surface area contributed by atoms with E-state index >= 15 is 0 Å². The fourth-order valence-corrected chi connectivity index (χ4v) is 2.83. The maximum atomic E-state index is 12.3. The van der Waals surface area contributed by atoms with Gasteiger partial charge in [0, 0.05) is 43.1 Å². The Morgan fingerprint density at radius 2 is 1.96 bits per heavy atom. The van der Waals surface area contributed by atoms with E-state index in [4.69, 9.17) is 0 Å². The predicted octanol–water partition coefficient (Wildman–Crippen LogP) is 3.51. The van der Waals surface area contributed by atoms with Crippen LogP contribution in [0.25, 0.3) is 10.9 Å². The third kappa shape index (κ3) is 3.59. The summed E-state index contributed by atoms with van der Waals surface area (Å²) in [6.07, 6.45) is 0.819. The highest BCUT2D eigenvalue weighted by Gasteiger charge is 2.07. The molecular weight excluding hydrogens is 298 g/mol. The highest BCUT2D eigenvalue weighted by atomic mass is 16.1. The molecule has 3 rings (SSSR count). The lowest BCUT2D eigenvalue weighted by Crippen LogP contribution is -2.25. The average Bonchev–Trinajstić information content (AvgIpc) is 2.94. The molecule has 1 heterocycles.